The van der Waals surface area contributed by atoms with Crippen LogP contribution in [0.15, 0.2) is 6.07 Å². The Balaban J connectivity index is 2.48. The van der Waals surface area contributed by atoms with Gasteiger partial charge in [0.25, 0.3) is 0 Å². The molecule has 0 spiro atoms. The van der Waals surface area contributed by atoms with Crippen molar-refractivity contribution < 1.29 is 0 Å². The minimum absolute atomic E-state index is 0.703. The molecule has 0 radical (unpaired) electrons. The van der Waals surface area contributed by atoms with Crippen LogP contribution >= 0.6 is 0 Å². The fourth-order valence-corrected chi connectivity index (χ4v) is 1.50. The fourth-order valence-electron chi connectivity index (χ4n) is 1.50. The molecule has 1 aromatic rings. The van der Waals surface area contributed by atoms with Gasteiger partial charge in [-0.2, -0.15) is 5.10 Å². The molecule has 80 valence electrons. The molecule has 0 unspecified atom stereocenters. The van der Waals surface area contributed by atoms with Gasteiger partial charge in [-0.25, -0.2) is 0 Å². The van der Waals surface area contributed by atoms with Crippen molar-refractivity contribution in [3.8, 4) is 0 Å². The summed E-state index contributed by atoms with van der Waals surface area (Å²) in [5.41, 5.74) is 2.39. The smallest absolute Gasteiger partial charge is 0.0597 e. The summed E-state index contributed by atoms with van der Waals surface area (Å²) < 4.78 is 2.06. The van der Waals surface area contributed by atoms with Crippen LogP contribution in [-0.2, 0) is 13.1 Å². The molecule has 1 heterocycles. The van der Waals surface area contributed by atoms with E-state index in [4.69, 9.17) is 0 Å². The Morgan fingerprint density at radius 3 is 2.79 bits per heavy atom. The summed E-state index contributed by atoms with van der Waals surface area (Å²) in [6, 6.07) is 2.15. The number of rotatable bonds is 5. The summed E-state index contributed by atoms with van der Waals surface area (Å²) in [6.45, 7) is 11.5. The number of nitrogens with zero attached hydrogens (tertiary/aromatic N) is 2. The highest BCUT2D eigenvalue weighted by molar-refractivity contribution is 5.08. The maximum Gasteiger partial charge on any atom is 0.0597 e. The molecular weight excluding hydrogens is 174 g/mol. The lowest BCUT2D eigenvalue weighted by molar-refractivity contribution is 0.525. The summed E-state index contributed by atoms with van der Waals surface area (Å²) in [7, 11) is 0. The minimum atomic E-state index is 0.703. The van der Waals surface area contributed by atoms with E-state index in [1.54, 1.807) is 0 Å². The predicted octanol–water partition coefficient (Wildman–Crippen LogP) is 1.96. The minimum Gasteiger partial charge on any atom is -0.311 e. The van der Waals surface area contributed by atoms with Gasteiger partial charge in [0.2, 0.25) is 0 Å². The van der Waals surface area contributed by atoms with Crippen LogP contribution in [0.3, 0.4) is 0 Å². The van der Waals surface area contributed by atoms with Crippen LogP contribution in [0.4, 0.5) is 0 Å². The Morgan fingerprint density at radius 1 is 1.50 bits per heavy atom. The second-order valence-electron chi connectivity index (χ2n) is 4.12. The molecule has 0 aromatic carbocycles. The molecule has 0 aliphatic heterocycles. The second kappa shape index (κ2) is 5.15. The van der Waals surface area contributed by atoms with Crippen LogP contribution in [0.2, 0.25) is 0 Å². The van der Waals surface area contributed by atoms with E-state index in [0.717, 1.165) is 25.3 Å². The Morgan fingerprint density at radius 2 is 2.21 bits per heavy atom. The zero-order valence-corrected chi connectivity index (χ0v) is 9.67. The number of hydrogen-bond acceptors (Lipinski definition) is 2. The van der Waals surface area contributed by atoms with Crippen molar-refractivity contribution in [2.24, 2.45) is 5.92 Å². The van der Waals surface area contributed by atoms with Gasteiger partial charge in [-0.3, -0.25) is 4.68 Å². The van der Waals surface area contributed by atoms with E-state index in [1.165, 1.54) is 5.69 Å². The third kappa shape index (κ3) is 3.14. The molecule has 3 heteroatoms. The van der Waals surface area contributed by atoms with Crippen molar-refractivity contribution in [1.82, 2.24) is 15.1 Å². The topological polar surface area (TPSA) is 29.9 Å². The van der Waals surface area contributed by atoms with Crippen molar-refractivity contribution in [3.05, 3.63) is 17.5 Å². The molecule has 0 aliphatic carbocycles. The van der Waals surface area contributed by atoms with Crippen LogP contribution in [-0.4, -0.2) is 16.3 Å². The summed E-state index contributed by atoms with van der Waals surface area (Å²) in [6.07, 6.45) is 0. The lowest BCUT2D eigenvalue weighted by atomic mass is 10.2. The van der Waals surface area contributed by atoms with Crippen molar-refractivity contribution in [3.63, 3.8) is 0 Å². The van der Waals surface area contributed by atoms with Gasteiger partial charge in [-0.05, 0) is 32.4 Å². The van der Waals surface area contributed by atoms with Gasteiger partial charge in [0, 0.05) is 13.1 Å². The molecule has 0 atom stereocenters. The molecule has 1 aromatic heterocycles. The van der Waals surface area contributed by atoms with Crippen LogP contribution in [0.25, 0.3) is 0 Å². The summed E-state index contributed by atoms with van der Waals surface area (Å²) in [5.74, 6) is 0.703. The molecule has 14 heavy (non-hydrogen) atoms. The molecule has 0 bridgehead atoms. The molecule has 0 fully saturated rings. The van der Waals surface area contributed by atoms with Gasteiger partial charge in [-0.1, -0.05) is 13.8 Å². The zero-order chi connectivity index (χ0) is 10.6. The normalized spacial score (nSPS) is 11.2. The number of aromatic nitrogens is 2. The molecular formula is C11H21N3. The molecule has 0 saturated heterocycles. The standard InChI is InChI=1S/C11H21N3/c1-5-14-11(6-10(4)13-14)8-12-7-9(2)3/h6,9,12H,5,7-8H2,1-4H3. The number of hydrogen-bond donors (Lipinski definition) is 1. The van der Waals surface area contributed by atoms with Crippen molar-refractivity contribution in [1.29, 1.82) is 0 Å². The van der Waals surface area contributed by atoms with Gasteiger partial charge in [0.1, 0.15) is 0 Å². The summed E-state index contributed by atoms with van der Waals surface area (Å²) in [5, 5.41) is 7.83. The fraction of sp³-hybridized carbons (Fsp3) is 0.727. The van der Waals surface area contributed by atoms with Crippen LogP contribution < -0.4 is 5.32 Å². The average molecular weight is 195 g/mol. The maximum atomic E-state index is 4.40. The van der Waals surface area contributed by atoms with E-state index in [0.29, 0.717) is 5.92 Å². The Labute approximate surface area is 86.5 Å². The highest BCUT2D eigenvalue weighted by Crippen LogP contribution is 2.03. The number of aryl methyl sites for hydroxylation is 2. The molecule has 0 aliphatic rings. The Bertz CT molecular complexity index is 276. The highest BCUT2D eigenvalue weighted by Gasteiger charge is 2.03. The third-order valence-corrected chi connectivity index (χ3v) is 2.14. The quantitative estimate of drug-likeness (QED) is 0.778. The second-order valence-corrected chi connectivity index (χ2v) is 4.12. The largest absolute Gasteiger partial charge is 0.311 e. The Hall–Kier alpha value is -0.830. The predicted molar refractivity (Wildman–Crippen MR) is 59.2 cm³/mol. The Kier molecular flexibility index (Phi) is 4.14. The first kappa shape index (κ1) is 11.2. The lowest BCUT2D eigenvalue weighted by Crippen LogP contribution is -2.20. The van der Waals surface area contributed by atoms with E-state index in [-0.39, 0.29) is 0 Å². The van der Waals surface area contributed by atoms with E-state index in [1.807, 2.05) is 6.92 Å². The monoisotopic (exact) mass is 195 g/mol. The highest BCUT2D eigenvalue weighted by atomic mass is 15.3. The van der Waals surface area contributed by atoms with Crippen molar-refractivity contribution in [2.45, 2.75) is 40.8 Å². The SMILES string of the molecule is CCn1nc(C)cc1CNCC(C)C. The number of nitrogens with one attached hydrogen (secondary N) is 1. The lowest BCUT2D eigenvalue weighted by Gasteiger charge is -2.08. The first-order valence-electron chi connectivity index (χ1n) is 5.37. The van der Waals surface area contributed by atoms with Gasteiger partial charge in [-0.15, -0.1) is 0 Å². The zero-order valence-electron chi connectivity index (χ0n) is 9.67. The molecule has 0 saturated carbocycles. The first-order chi connectivity index (χ1) is 6.63. The van der Waals surface area contributed by atoms with Crippen molar-refractivity contribution >= 4 is 0 Å². The van der Waals surface area contributed by atoms with Gasteiger partial charge in [0.05, 0.1) is 11.4 Å². The maximum absolute atomic E-state index is 4.40. The van der Waals surface area contributed by atoms with Crippen LogP contribution in [0.5, 0.6) is 0 Å². The van der Waals surface area contributed by atoms with Gasteiger partial charge >= 0.3 is 0 Å². The van der Waals surface area contributed by atoms with E-state index < -0.39 is 0 Å². The molecule has 1 rings (SSSR count). The van der Waals surface area contributed by atoms with E-state index in [9.17, 15) is 0 Å². The van der Waals surface area contributed by atoms with Crippen molar-refractivity contribution in [2.75, 3.05) is 6.54 Å². The molecule has 1 N–H and O–H groups in total. The van der Waals surface area contributed by atoms with Gasteiger partial charge < -0.3 is 5.32 Å². The van der Waals surface area contributed by atoms with Crippen LogP contribution in [0.1, 0.15) is 32.2 Å². The van der Waals surface area contributed by atoms with E-state index in [2.05, 4.69) is 41.9 Å². The average Bonchev–Trinajstić information content (AvgIpc) is 2.45. The molecule has 0 amide bonds. The van der Waals surface area contributed by atoms with E-state index >= 15 is 0 Å². The third-order valence-electron chi connectivity index (χ3n) is 2.14. The van der Waals surface area contributed by atoms with Gasteiger partial charge in [0.15, 0.2) is 0 Å². The van der Waals surface area contributed by atoms with Crippen LogP contribution in [0, 0.1) is 12.8 Å². The summed E-state index contributed by atoms with van der Waals surface area (Å²) >= 11 is 0. The first-order valence-corrected chi connectivity index (χ1v) is 5.37. The summed E-state index contributed by atoms with van der Waals surface area (Å²) in [4.78, 5) is 0. The molecule has 3 nitrogen and oxygen atoms in total.